The summed E-state index contributed by atoms with van der Waals surface area (Å²) in [4.78, 5) is 34.2. The van der Waals surface area contributed by atoms with Crippen molar-refractivity contribution >= 4 is 33.1 Å². The van der Waals surface area contributed by atoms with Gasteiger partial charge in [0.1, 0.15) is 16.6 Å². The minimum Gasteiger partial charge on any atom is -0.434 e. The van der Waals surface area contributed by atoms with E-state index in [1.165, 1.54) is 34.5 Å². The molecule has 0 fully saturated rings. The summed E-state index contributed by atoms with van der Waals surface area (Å²) >= 11 is 1.39. The minimum atomic E-state index is -0.687. The number of para-hydroxylation sites is 1. The fourth-order valence-electron chi connectivity index (χ4n) is 3.63. The van der Waals surface area contributed by atoms with Gasteiger partial charge in [0, 0.05) is 18.8 Å². The standard InChI is InChI=1S/C24H18FN5O3S.C2H6/c1-14-20(24(32)30(29(14)2)16-6-4-3-5-7-16)22(31)28-15-8-9-19(17(25)12-15)33-23-21-18(10-11-34-21)26-13-27-23;1-2/h3-13H,1-2H3,(H,28,31);1-2H3. The van der Waals surface area contributed by atoms with Crippen LogP contribution in [0.4, 0.5) is 10.1 Å². The number of ether oxygens (including phenoxy) is 1. The van der Waals surface area contributed by atoms with Gasteiger partial charge in [-0.1, -0.05) is 32.0 Å². The topological polar surface area (TPSA) is 91.0 Å². The first-order valence-electron chi connectivity index (χ1n) is 11.2. The minimum absolute atomic E-state index is 0.0202. The maximum atomic E-state index is 14.8. The monoisotopic (exact) mass is 505 g/mol. The van der Waals surface area contributed by atoms with Gasteiger partial charge in [0.2, 0.25) is 5.88 Å². The molecule has 0 radical (unpaired) electrons. The van der Waals surface area contributed by atoms with E-state index < -0.39 is 17.3 Å². The van der Waals surface area contributed by atoms with Gasteiger partial charge in [-0.05, 0) is 42.6 Å². The number of fused-ring (bicyclic) bond motifs is 1. The van der Waals surface area contributed by atoms with Crippen molar-refractivity contribution in [2.75, 3.05) is 5.32 Å². The molecule has 5 rings (SSSR count). The largest absolute Gasteiger partial charge is 0.434 e. The van der Waals surface area contributed by atoms with E-state index in [9.17, 15) is 14.0 Å². The normalized spacial score (nSPS) is 10.6. The Balaban J connectivity index is 0.00000148. The van der Waals surface area contributed by atoms with Gasteiger partial charge in [0.25, 0.3) is 11.5 Å². The van der Waals surface area contributed by atoms with Crippen molar-refractivity contribution in [3.05, 3.63) is 93.7 Å². The summed E-state index contributed by atoms with van der Waals surface area (Å²) in [5.41, 5.74) is 1.53. The van der Waals surface area contributed by atoms with Crippen molar-refractivity contribution in [3.63, 3.8) is 0 Å². The molecular weight excluding hydrogens is 481 g/mol. The molecule has 0 unspecified atom stereocenters. The fourth-order valence-corrected chi connectivity index (χ4v) is 4.40. The summed E-state index contributed by atoms with van der Waals surface area (Å²) in [7, 11) is 1.70. The molecule has 0 aliphatic carbocycles. The highest BCUT2D eigenvalue weighted by atomic mass is 32.1. The van der Waals surface area contributed by atoms with Crippen LogP contribution < -0.4 is 15.6 Å². The summed E-state index contributed by atoms with van der Waals surface area (Å²) in [5, 5.41) is 4.45. The SMILES string of the molecule is CC.Cc1c(C(=O)Nc2ccc(Oc3ncnc4ccsc34)c(F)c2)c(=O)n(-c2ccccc2)n1C. The fraction of sp³-hybridized carbons (Fsp3) is 0.154. The van der Waals surface area contributed by atoms with Gasteiger partial charge < -0.3 is 10.1 Å². The number of benzene rings is 2. The molecule has 1 N–H and O–H groups in total. The van der Waals surface area contributed by atoms with Crippen molar-refractivity contribution in [3.8, 4) is 17.3 Å². The van der Waals surface area contributed by atoms with Crippen molar-refractivity contribution in [1.29, 1.82) is 0 Å². The Labute approximate surface area is 210 Å². The molecule has 0 aliphatic heterocycles. The second-order valence-corrected chi connectivity index (χ2v) is 8.37. The van der Waals surface area contributed by atoms with Crippen LogP contribution >= 0.6 is 11.3 Å². The Morgan fingerprint density at radius 3 is 2.56 bits per heavy atom. The molecule has 0 aliphatic rings. The average Bonchev–Trinajstić information content (AvgIpc) is 3.45. The zero-order valence-electron chi connectivity index (χ0n) is 20.2. The highest BCUT2D eigenvalue weighted by Crippen LogP contribution is 2.32. The van der Waals surface area contributed by atoms with Gasteiger partial charge in [0.05, 0.1) is 16.9 Å². The summed E-state index contributed by atoms with van der Waals surface area (Å²) < 4.78 is 24.1. The Morgan fingerprint density at radius 1 is 1.08 bits per heavy atom. The van der Waals surface area contributed by atoms with Crippen LogP contribution in [0.3, 0.4) is 0 Å². The molecule has 10 heteroatoms. The predicted molar refractivity (Wildman–Crippen MR) is 139 cm³/mol. The highest BCUT2D eigenvalue weighted by molar-refractivity contribution is 7.17. The summed E-state index contributed by atoms with van der Waals surface area (Å²) in [6, 6.07) is 14.9. The second-order valence-electron chi connectivity index (χ2n) is 7.45. The first-order valence-corrected chi connectivity index (χ1v) is 12.1. The first-order chi connectivity index (χ1) is 17.4. The van der Waals surface area contributed by atoms with Crippen LogP contribution in [-0.4, -0.2) is 25.2 Å². The molecule has 0 saturated carbocycles. The molecule has 0 atom stereocenters. The summed E-state index contributed by atoms with van der Waals surface area (Å²) in [6.45, 7) is 5.68. The smallest absolute Gasteiger partial charge is 0.284 e. The van der Waals surface area contributed by atoms with Crippen molar-refractivity contribution < 1.29 is 13.9 Å². The van der Waals surface area contributed by atoms with Crippen LogP contribution in [0.2, 0.25) is 0 Å². The van der Waals surface area contributed by atoms with Gasteiger partial charge in [-0.15, -0.1) is 11.3 Å². The molecule has 5 aromatic rings. The summed E-state index contributed by atoms with van der Waals surface area (Å²) in [6.07, 6.45) is 1.35. The lowest BCUT2D eigenvalue weighted by molar-refractivity contribution is 0.102. The molecule has 1 amide bonds. The Hall–Kier alpha value is -4.31. The Morgan fingerprint density at radius 2 is 1.83 bits per heavy atom. The molecule has 0 bridgehead atoms. The number of hydrogen-bond donors (Lipinski definition) is 1. The number of amides is 1. The lowest BCUT2D eigenvalue weighted by Crippen LogP contribution is -2.25. The van der Waals surface area contributed by atoms with Crippen molar-refractivity contribution in [1.82, 2.24) is 19.3 Å². The maximum Gasteiger partial charge on any atom is 0.284 e. The van der Waals surface area contributed by atoms with E-state index in [-0.39, 0.29) is 22.9 Å². The number of thiophene rings is 1. The number of halogens is 1. The van der Waals surface area contributed by atoms with E-state index in [1.54, 1.807) is 42.9 Å². The number of carbonyl (C=O) groups is 1. The second kappa shape index (κ2) is 10.5. The van der Waals surface area contributed by atoms with Crippen LogP contribution in [0.5, 0.6) is 11.6 Å². The molecule has 3 aromatic heterocycles. The number of nitrogens with one attached hydrogen (secondary N) is 1. The number of rotatable bonds is 5. The van der Waals surface area contributed by atoms with Gasteiger partial charge in [-0.3, -0.25) is 14.3 Å². The van der Waals surface area contributed by atoms with Crippen LogP contribution in [0.1, 0.15) is 29.9 Å². The van der Waals surface area contributed by atoms with Gasteiger partial charge in [-0.2, -0.15) is 0 Å². The number of carbonyl (C=O) groups excluding carboxylic acids is 1. The Bertz CT molecular complexity index is 1590. The van der Waals surface area contributed by atoms with E-state index in [2.05, 4.69) is 15.3 Å². The van der Waals surface area contributed by atoms with E-state index in [4.69, 9.17) is 4.74 Å². The average molecular weight is 506 g/mol. The molecule has 36 heavy (non-hydrogen) atoms. The van der Waals surface area contributed by atoms with Gasteiger partial charge in [-0.25, -0.2) is 19.0 Å². The third kappa shape index (κ3) is 4.63. The third-order valence-corrected chi connectivity index (χ3v) is 6.28. The lowest BCUT2D eigenvalue weighted by Gasteiger charge is -2.09. The predicted octanol–water partition coefficient (Wildman–Crippen LogP) is 5.70. The van der Waals surface area contributed by atoms with Crippen molar-refractivity contribution in [2.45, 2.75) is 20.8 Å². The third-order valence-electron chi connectivity index (χ3n) is 5.39. The zero-order valence-corrected chi connectivity index (χ0v) is 21.0. The molecule has 0 spiro atoms. The molecule has 184 valence electrons. The molecule has 8 nitrogen and oxygen atoms in total. The molecule has 3 heterocycles. The Kier molecular flexibility index (Phi) is 7.25. The number of aromatic nitrogens is 4. The lowest BCUT2D eigenvalue weighted by atomic mass is 10.2. The first kappa shape index (κ1) is 24.8. The summed E-state index contributed by atoms with van der Waals surface area (Å²) in [5.74, 6) is -1.12. The molecular formula is C26H24FN5O3S. The van der Waals surface area contributed by atoms with Crippen molar-refractivity contribution in [2.24, 2.45) is 7.05 Å². The van der Waals surface area contributed by atoms with Crippen LogP contribution in [0.25, 0.3) is 15.9 Å². The van der Waals surface area contributed by atoms with Gasteiger partial charge >= 0.3 is 0 Å². The quantitative estimate of drug-likeness (QED) is 0.331. The van der Waals surface area contributed by atoms with Crippen LogP contribution in [0.15, 0.2) is 71.1 Å². The molecule has 0 saturated heterocycles. The van der Waals surface area contributed by atoms with Crippen LogP contribution in [-0.2, 0) is 7.05 Å². The van der Waals surface area contributed by atoms with Crippen LogP contribution in [0, 0.1) is 12.7 Å². The number of hydrogen-bond acceptors (Lipinski definition) is 6. The zero-order chi connectivity index (χ0) is 25.8. The van der Waals surface area contributed by atoms with E-state index in [1.807, 2.05) is 31.4 Å². The van der Waals surface area contributed by atoms with Gasteiger partial charge in [0.15, 0.2) is 11.6 Å². The molecule has 2 aromatic carbocycles. The van der Waals surface area contributed by atoms with E-state index >= 15 is 0 Å². The van der Waals surface area contributed by atoms with E-state index in [0.29, 0.717) is 21.6 Å². The van der Waals surface area contributed by atoms with E-state index in [0.717, 1.165) is 6.07 Å². The number of nitrogens with zero attached hydrogens (tertiary/aromatic N) is 4. The highest BCUT2D eigenvalue weighted by Gasteiger charge is 2.22. The maximum absolute atomic E-state index is 14.8. The number of anilines is 1.